The lowest BCUT2D eigenvalue weighted by Gasteiger charge is -2.12. The number of nitrogens with one attached hydrogen (secondary N) is 1. The Morgan fingerprint density at radius 1 is 1.06 bits per heavy atom. The third-order valence-corrected chi connectivity index (χ3v) is 5.22. The number of carbonyl (C=O) groups is 1. The van der Waals surface area contributed by atoms with E-state index in [9.17, 15) is 14.7 Å². The normalized spacial score (nSPS) is 10.8. The van der Waals surface area contributed by atoms with Crippen molar-refractivity contribution in [1.29, 1.82) is 0 Å². The number of hydrogen-bond acceptors (Lipinski definition) is 4. The molecular formula is C25H28N2O4. The Bertz CT molecular complexity index is 1080. The zero-order valence-corrected chi connectivity index (χ0v) is 18.1. The Kier molecular flexibility index (Phi) is 7.13. The van der Waals surface area contributed by atoms with Crippen LogP contribution in [0.1, 0.15) is 46.9 Å². The molecule has 0 spiro atoms. The summed E-state index contributed by atoms with van der Waals surface area (Å²) in [4.78, 5) is 23.8. The molecule has 0 saturated heterocycles. The van der Waals surface area contributed by atoms with Crippen molar-refractivity contribution in [3.63, 3.8) is 0 Å². The van der Waals surface area contributed by atoms with Gasteiger partial charge >= 0.3 is 0 Å². The van der Waals surface area contributed by atoms with Crippen molar-refractivity contribution in [2.45, 2.75) is 39.8 Å². The van der Waals surface area contributed by atoms with Crippen molar-refractivity contribution in [1.82, 2.24) is 9.88 Å². The number of carbonyl (C=O) groups excluding carboxylic acids is 1. The first-order valence-electron chi connectivity index (χ1n) is 10.3. The molecule has 0 bridgehead atoms. The molecule has 0 saturated carbocycles. The highest BCUT2D eigenvalue weighted by Gasteiger charge is 2.08. The molecule has 3 aromatic rings. The quantitative estimate of drug-likeness (QED) is 0.577. The average Bonchev–Trinajstić information content (AvgIpc) is 2.78. The summed E-state index contributed by atoms with van der Waals surface area (Å²) in [7, 11) is 0. The lowest BCUT2D eigenvalue weighted by atomic mass is 10.0. The van der Waals surface area contributed by atoms with Gasteiger partial charge in [-0.25, -0.2) is 0 Å². The molecule has 0 aliphatic carbocycles. The molecule has 2 aromatic carbocycles. The maximum absolute atomic E-state index is 12.4. The SMILES string of the molecule is Cc1c(O)c(=O)ccn1CCNC(=O)c1ccc(OCc2ccc(C(C)C)cc2)cc1. The van der Waals surface area contributed by atoms with Crippen LogP contribution >= 0.6 is 0 Å². The van der Waals surface area contributed by atoms with Crippen molar-refractivity contribution in [2.75, 3.05) is 6.54 Å². The average molecular weight is 421 g/mol. The van der Waals surface area contributed by atoms with E-state index < -0.39 is 5.43 Å². The van der Waals surface area contributed by atoms with Crippen molar-refractivity contribution < 1.29 is 14.6 Å². The zero-order chi connectivity index (χ0) is 22.4. The van der Waals surface area contributed by atoms with Gasteiger partial charge in [0.25, 0.3) is 5.91 Å². The second-order valence-corrected chi connectivity index (χ2v) is 7.77. The van der Waals surface area contributed by atoms with Gasteiger partial charge in [0.1, 0.15) is 12.4 Å². The van der Waals surface area contributed by atoms with Gasteiger partial charge in [0.2, 0.25) is 5.43 Å². The molecule has 0 aliphatic heterocycles. The van der Waals surface area contributed by atoms with Gasteiger partial charge in [0.15, 0.2) is 5.75 Å². The molecule has 0 unspecified atom stereocenters. The number of aromatic nitrogens is 1. The summed E-state index contributed by atoms with van der Waals surface area (Å²) in [6.07, 6.45) is 1.60. The van der Waals surface area contributed by atoms with Gasteiger partial charge in [-0.2, -0.15) is 0 Å². The van der Waals surface area contributed by atoms with Crippen LogP contribution in [0.25, 0.3) is 0 Å². The monoisotopic (exact) mass is 420 g/mol. The maximum atomic E-state index is 12.4. The number of nitrogens with zero attached hydrogens (tertiary/aromatic N) is 1. The van der Waals surface area contributed by atoms with Crippen molar-refractivity contribution in [3.8, 4) is 11.5 Å². The second-order valence-electron chi connectivity index (χ2n) is 7.77. The Morgan fingerprint density at radius 3 is 2.39 bits per heavy atom. The van der Waals surface area contributed by atoms with Crippen LogP contribution in [0.5, 0.6) is 11.5 Å². The van der Waals surface area contributed by atoms with Gasteiger partial charge in [-0.05, 0) is 48.2 Å². The van der Waals surface area contributed by atoms with Gasteiger partial charge < -0.3 is 19.7 Å². The Balaban J connectivity index is 1.49. The largest absolute Gasteiger partial charge is 0.503 e. The molecule has 0 atom stereocenters. The van der Waals surface area contributed by atoms with Crippen molar-refractivity contribution in [2.24, 2.45) is 0 Å². The number of pyridine rings is 1. The molecule has 1 heterocycles. The molecule has 3 rings (SSSR count). The highest BCUT2D eigenvalue weighted by molar-refractivity contribution is 5.94. The molecule has 6 heteroatoms. The Morgan fingerprint density at radius 2 is 1.74 bits per heavy atom. The number of aromatic hydroxyl groups is 1. The third kappa shape index (κ3) is 5.75. The third-order valence-electron chi connectivity index (χ3n) is 5.22. The van der Waals surface area contributed by atoms with Crippen LogP contribution in [0.3, 0.4) is 0 Å². The first-order valence-corrected chi connectivity index (χ1v) is 10.3. The Hall–Kier alpha value is -3.54. The summed E-state index contributed by atoms with van der Waals surface area (Å²) in [5.41, 5.74) is 2.99. The molecule has 1 amide bonds. The summed E-state index contributed by atoms with van der Waals surface area (Å²) in [5.74, 6) is 0.740. The molecule has 162 valence electrons. The molecule has 0 aliphatic rings. The van der Waals surface area contributed by atoms with Crippen LogP contribution < -0.4 is 15.5 Å². The van der Waals surface area contributed by atoms with Crippen LogP contribution in [0.2, 0.25) is 0 Å². The lowest BCUT2D eigenvalue weighted by Crippen LogP contribution is -2.28. The zero-order valence-electron chi connectivity index (χ0n) is 18.1. The van der Waals surface area contributed by atoms with Gasteiger partial charge in [-0.15, -0.1) is 0 Å². The number of ether oxygens (including phenoxy) is 1. The molecule has 31 heavy (non-hydrogen) atoms. The van der Waals surface area contributed by atoms with E-state index in [1.807, 2.05) is 0 Å². The Labute approximate surface area is 182 Å². The van der Waals surface area contributed by atoms with Gasteiger partial charge in [-0.3, -0.25) is 9.59 Å². The fourth-order valence-corrected chi connectivity index (χ4v) is 3.16. The highest BCUT2D eigenvalue weighted by atomic mass is 16.5. The predicted molar refractivity (Wildman–Crippen MR) is 121 cm³/mol. The summed E-state index contributed by atoms with van der Waals surface area (Å²) in [6.45, 7) is 7.28. The van der Waals surface area contributed by atoms with Crippen LogP contribution in [0.15, 0.2) is 65.6 Å². The minimum absolute atomic E-state index is 0.196. The number of rotatable bonds is 8. The number of benzene rings is 2. The smallest absolute Gasteiger partial charge is 0.251 e. The summed E-state index contributed by atoms with van der Waals surface area (Å²) < 4.78 is 7.54. The topological polar surface area (TPSA) is 80.6 Å². The van der Waals surface area contributed by atoms with Gasteiger partial charge in [-0.1, -0.05) is 38.1 Å². The van der Waals surface area contributed by atoms with Gasteiger partial charge in [0.05, 0.1) is 5.69 Å². The molecule has 6 nitrogen and oxygen atoms in total. The predicted octanol–water partition coefficient (Wildman–Crippen LogP) is 3.99. The van der Waals surface area contributed by atoms with E-state index in [0.717, 1.165) is 5.56 Å². The number of hydrogen-bond donors (Lipinski definition) is 2. The van der Waals surface area contributed by atoms with Gasteiger partial charge in [0, 0.05) is 30.9 Å². The van der Waals surface area contributed by atoms with E-state index in [2.05, 4.69) is 43.4 Å². The first-order chi connectivity index (χ1) is 14.8. The van der Waals surface area contributed by atoms with Crippen LogP contribution in [0, 0.1) is 6.92 Å². The standard InChI is InChI=1S/C25H28N2O4/c1-17(2)20-6-4-19(5-7-20)16-31-22-10-8-21(9-11-22)25(30)26-13-15-27-14-12-23(28)24(29)18(27)3/h4-12,14,17,29H,13,15-16H2,1-3H3,(H,26,30). The fraction of sp³-hybridized carbons (Fsp3) is 0.280. The molecule has 0 fully saturated rings. The minimum atomic E-state index is -0.410. The lowest BCUT2D eigenvalue weighted by molar-refractivity contribution is 0.0952. The number of amides is 1. The second kappa shape index (κ2) is 9.98. The fourth-order valence-electron chi connectivity index (χ4n) is 3.16. The maximum Gasteiger partial charge on any atom is 0.251 e. The van der Waals surface area contributed by atoms with Crippen molar-refractivity contribution >= 4 is 5.91 Å². The van der Waals surface area contributed by atoms with E-state index in [1.54, 1.807) is 42.0 Å². The van der Waals surface area contributed by atoms with Crippen molar-refractivity contribution in [3.05, 3.63) is 93.4 Å². The van der Waals surface area contributed by atoms with Crippen LogP contribution in [0.4, 0.5) is 0 Å². The van der Waals surface area contributed by atoms with E-state index in [0.29, 0.717) is 42.6 Å². The van der Waals surface area contributed by atoms with E-state index in [1.165, 1.54) is 11.6 Å². The minimum Gasteiger partial charge on any atom is -0.503 e. The molecule has 0 radical (unpaired) electrons. The molecule has 1 aromatic heterocycles. The first kappa shape index (κ1) is 22.2. The van der Waals surface area contributed by atoms with E-state index >= 15 is 0 Å². The van der Waals surface area contributed by atoms with E-state index in [4.69, 9.17) is 4.74 Å². The molecular weight excluding hydrogens is 392 g/mol. The van der Waals surface area contributed by atoms with Crippen LogP contribution in [-0.4, -0.2) is 22.1 Å². The van der Waals surface area contributed by atoms with Crippen LogP contribution in [-0.2, 0) is 13.2 Å². The van der Waals surface area contributed by atoms with E-state index in [-0.39, 0.29) is 11.7 Å². The summed E-state index contributed by atoms with van der Waals surface area (Å²) >= 11 is 0. The molecule has 2 N–H and O–H groups in total. The summed E-state index contributed by atoms with van der Waals surface area (Å²) in [6, 6.07) is 16.7. The summed E-state index contributed by atoms with van der Waals surface area (Å²) in [5, 5.41) is 12.6. The highest BCUT2D eigenvalue weighted by Crippen LogP contribution is 2.17.